The Hall–Kier alpha value is -4.13. The van der Waals surface area contributed by atoms with E-state index in [-0.39, 0.29) is 35.0 Å². The second-order valence-electron chi connectivity index (χ2n) is 12.0. The van der Waals surface area contributed by atoms with Crippen LogP contribution in [-0.2, 0) is 30.8 Å². The van der Waals surface area contributed by atoms with E-state index in [0.717, 1.165) is 0 Å². The number of hydrogen-bond donors (Lipinski definition) is 3. The molecule has 0 spiro atoms. The molecule has 3 aromatic rings. The number of aromatic nitrogens is 1. The van der Waals surface area contributed by atoms with Crippen molar-refractivity contribution >= 4 is 64.2 Å². The van der Waals surface area contributed by atoms with Crippen molar-refractivity contribution in [2.75, 3.05) is 5.43 Å². The van der Waals surface area contributed by atoms with Crippen LogP contribution >= 0.6 is 34.8 Å². The maximum Gasteiger partial charge on any atom is 0.417 e. The number of allylic oxidation sites excluding steroid dienone is 2. The van der Waals surface area contributed by atoms with Gasteiger partial charge in [0.05, 0.1) is 33.8 Å². The average Bonchev–Trinajstić information content (AvgIpc) is 3.43. The maximum absolute atomic E-state index is 15.0. The molecule has 7 rings (SSSR count). The van der Waals surface area contributed by atoms with Crippen molar-refractivity contribution < 1.29 is 37.5 Å². The molecule has 2 aromatic carbocycles. The van der Waals surface area contributed by atoms with Crippen LogP contribution in [0.4, 0.5) is 19.0 Å². The zero-order chi connectivity index (χ0) is 33.6. The van der Waals surface area contributed by atoms with E-state index in [9.17, 15) is 37.5 Å². The molecule has 1 saturated carbocycles. The summed E-state index contributed by atoms with van der Waals surface area (Å²) in [4.78, 5) is 59.1. The van der Waals surface area contributed by atoms with Gasteiger partial charge in [-0.25, -0.2) is 4.98 Å². The Morgan fingerprint density at radius 1 is 0.957 bits per heavy atom. The Balaban J connectivity index is 1.45. The number of carbonyl (C=O) groups excluding carboxylic acids is 4. The summed E-state index contributed by atoms with van der Waals surface area (Å²) in [5.41, 5.74) is 0.734. The van der Waals surface area contributed by atoms with Crippen molar-refractivity contribution in [2.45, 2.75) is 30.4 Å². The fraction of sp³-hybridized carbons (Fsp3) is 0.281. The Bertz CT molecular complexity index is 1920. The number of hydrogen-bond acceptors (Lipinski definition) is 7. The van der Waals surface area contributed by atoms with Gasteiger partial charge in [-0.3, -0.25) is 29.9 Å². The van der Waals surface area contributed by atoms with Crippen LogP contribution in [0.1, 0.15) is 35.4 Å². The number of imide groups is 2. The molecule has 4 amide bonds. The van der Waals surface area contributed by atoms with Gasteiger partial charge in [0.15, 0.2) is 5.82 Å². The molecule has 6 atom stereocenters. The molecule has 0 radical (unpaired) electrons. The van der Waals surface area contributed by atoms with E-state index in [1.54, 1.807) is 30.3 Å². The van der Waals surface area contributed by atoms with Crippen LogP contribution < -0.4 is 10.7 Å². The standard InChI is InChI=1S/C32H22Cl3F3N4O5/c33-15-3-1-13(2-4-15)31-21(29(46)42(30(31)47)41-26-22(35)9-14(12-39-26)32(36,37)38)11-19-17(6-7-18-24(19)28(45)40-27(18)44)25(31)20-10-16(34)5-8-23(20)43/h1-6,8-10,12,18-19,21,24-25,43H,7,11H2,(H,39,41)(H,40,44,45)/t18-,19+,21-,24-,25+,31+/m0/s1. The zero-order valence-corrected chi connectivity index (χ0v) is 26.1. The number of amides is 4. The zero-order valence-electron chi connectivity index (χ0n) is 23.8. The third-order valence-electron chi connectivity index (χ3n) is 9.70. The lowest BCUT2D eigenvalue weighted by Crippen LogP contribution is -2.53. The van der Waals surface area contributed by atoms with Crippen molar-refractivity contribution in [3.8, 4) is 5.75 Å². The normalized spacial score (nSPS) is 28.4. The van der Waals surface area contributed by atoms with Crippen molar-refractivity contribution in [1.29, 1.82) is 0 Å². The van der Waals surface area contributed by atoms with Crippen molar-refractivity contribution in [3.05, 3.63) is 98.1 Å². The molecular weight excluding hydrogens is 684 g/mol. The number of nitrogens with zero attached hydrogens (tertiary/aromatic N) is 2. The Labute approximate surface area is 279 Å². The molecule has 0 unspecified atom stereocenters. The molecule has 9 nitrogen and oxygen atoms in total. The van der Waals surface area contributed by atoms with Gasteiger partial charge in [0.2, 0.25) is 11.8 Å². The summed E-state index contributed by atoms with van der Waals surface area (Å²) in [5.74, 6) is -7.67. The van der Waals surface area contributed by atoms with Crippen LogP contribution in [0.15, 0.2) is 66.4 Å². The summed E-state index contributed by atoms with van der Waals surface area (Å²) in [6, 6.07) is 11.2. The number of anilines is 1. The summed E-state index contributed by atoms with van der Waals surface area (Å²) in [6.45, 7) is 0. The number of phenolic OH excluding ortho intramolecular Hbond substituents is 1. The molecule has 1 aromatic heterocycles. The molecule has 2 saturated heterocycles. The van der Waals surface area contributed by atoms with Gasteiger partial charge in [-0.1, -0.05) is 58.6 Å². The van der Waals surface area contributed by atoms with Crippen LogP contribution in [-0.4, -0.2) is 38.7 Å². The monoisotopic (exact) mass is 704 g/mol. The van der Waals surface area contributed by atoms with Gasteiger partial charge < -0.3 is 5.11 Å². The third-order valence-corrected chi connectivity index (χ3v) is 10.5. The first-order valence-electron chi connectivity index (χ1n) is 14.4. The summed E-state index contributed by atoms with van der Waals surface area (Å²) in [7, 11) is 0. The fourth-order valence-electron chi connectivity index (χ4n) is 7.79. The van der Waals surface area contributed by atoms with Gasteiger partial charge in [0.1, 0.15) is 5.75 Å². The van der Waals surface area contributed by atoms with Gasteiger partial charge >= 0.3 is 6.18 Å². The third kappa shape index (κ3) is 4.71. The minimum Gasteiger partial charge on any atom is -0.508 e. The van der Waals surface area contributed by atoms with Crippen molar-refractivity contribution in [3.63, 3.8) is 0 Å². The Kier molecular flexibility index (Phi) is 7.34. The van der Waals surface area contributed by atoms with Crippen LogP contribution in [0, 0.1) is 23.7 Å². The highest BCUT2D eigenvalue weighted by atomic mass is 35.5. The first kappa shape index (κ1) is 31.5. The highest BCUT2D eigenvalue weighted by molar-refractivity contribution is 6.33. The Morgan fingerprint density at radius 2 is 1.66 bits per heavy atom. The average molecular weight is 706 g/mol. The number of benzene rings is 2. The molecule has 47 heavy (non-hydrogen) atoms. The van der Waals surface area contributed by atoms with Crippen molar-refractivity contribution in [1.82, 2.24) is 15.3 Å². The minimum atomic E-state index is -4.75. The first-order valence-corrected chi connectivity index (χ1v) is 15.5. The second-order valence-corrected chi connectivity index (χ2v) is 13.3. The molecule has 15 heteroatoms. The van der Waals surface area contributed by atoms with E-state index in [2.05, 4.69) is 15.7 Å². The summed E-state index contributed by atoms with van der Waals surface area (Å²) < 4.78 is 40.0. The molecular formula is C32H22Cl3F3N4O5. The summed E-state index contributed by atoms with van der Waals surface area (Å²) in [6.07, 6.45) is -2.33. The molecule has 3 N–H and O–H groups in total. The molecule has 3 fully saturated rings. The molecule has 2 aliphatic heterocycles. The lowest BCUT2D eigenvalue weighted by molar-refractivity contribution is -0.139. The number of nitrogens with one attached hydrogen (secondary N) is 2. The molecule has 3 heterocycles. The van der Waals surface area contributed by atoms with E-state index in [0.29, 0.717) is 33.4 Å². The van der Waals surface area contributed by atoms with E-state index in [4.69, 9.17) is 34.8 Å². The number of phenols is 1. The number of halogens is 6. The number of hydrazine groups is 1. The smallest absolute Gasteiger partial charge is 0.417 e. The molecule has 2 aliphatic carbocycles. The van der Waals surface area contributed by atoms with Crippen molar-refractivity contribution in [2.24, 2.45) is 23.7 Å². The summed E-state index contributed by atoms with van der Waals surface area (Å²) >= 11 is 18.8. The number of fused-ring (bicyclic) bond motifs is 4. The minimum absolute atomic E-state index is 0.0505. The number of aromatic hydroxyl groups is 1. The maximum atomic E-state index is 15.0. The topological polar surface area (TPSA) is 129 Å². The predicted octanol–water partition coefficient (Wildman–Crippen LogP) is 6.04. The fourth-order valence-corrected chi connectivity index (χ4v) is 8.31. The van der Waals surface area contributed by atoms with Gasteiger partial charge in [0, 0.05) is 27.7 Å². The highest BCUT2D eigenvalue weighted by Crippen LogP contribution is 2.64. The number of rotatable bonds is 4. The lowest BCUT2D eigenvalue weighted by atomic mass is 9.49. The molecule has 0 bridgehead atoms. The molecule has 4 aliphatic rings. The molecule has 242 valence electrons. The quantitative estimate of drug-likeness (QED) is 0.223. The van der Waals surface area contributed by atoms with Crippen LogP contribution in [0.5, 0.6) is 5.75 Å². The van der Waals surface area contributed by atoms with Gasteiger partial charge in [-0.2, -0.15) is 18.2 Å². The number of carbonyl (C=O) groups is 4. The second kappa shape index (κ2) is 11.0. The summed E-state index contributed by atoms with van der Waals surface area (Å²) in [5, 5.41) is 14.4. The van der Waals surface area contributed by atoms with E-state index >= 15 is 0 Å². The first-order chi connectivity index (χ1) is 22.2. The number of alkyl halides is 3. The largest absolute Gasteiger partial charge is 0.508 e. The van der Waals surface area contributed by atoms with Crippen LogP contribution in [0.2, 0.25) is 15.1 Å². The van der Waals surface area contributed by atoms with Crippen LogP contribution in [0.25, 0.3) is 0 Å². The SMILES string of the molecule is O=C1NC(=O)[C@H]2CC=C3[C@@H](C[C@H]4C(=O)N(Nc5ncc(C(F)(F)F)cc5Cl)C(=O)[C@@]4(c4ccc(Cl)cc4)[C@H]3c3cc(Cl)ccc3O)[C@@H]12. The van der Waals surface area contributed by atoms with E-state index < -0.39 is 75.4 Å². The Morgan fingerprint density at radius 3 is 2.34 bits per heavy atom. The highest BCUT2D eigenvalue weighted by Gasteiger charge is 2.70. The lowest BCUT2D eigenvalue weighted by Gasteiger charge is -2.50. The van der Waals surface area contributed by atoms with Gasteiger partial charge in [0.25, 0.3) is 11.8 Å². The van der Waals surface area contributed by atoms with Crippen LogP contribution in [0.3, 0.4) is 0 Å². The number of pyridine rings is 1. The van der Waals surface area contributed by atoms with E-state index in [1.165, 1.54) is 18.2 Å². The van der Waals surface area contributed by atoms with Gasteiger partial charge in [-0.05, 0) is 60.7 Å². The predicted molar refractivity (Wildman–Crippen MR) is 163 cm³/mol. The van der Waals surface area contributed by atoms with E-state index in [1.807, 2.05) is 0 Å². The van der Waals surface area contributed by atoms with Gasteiger partial charge in [-0.15, -0.1) is 0 Å².